The van der Waals surface area contributed by atoms with E-state index in [4.69, 9.17) is 33.7 Å². The predicted molar refractivity (Wildman–Crippen MR) is 87.5 cm³/mol. The molecule has 0 saturated carbocycles. The van der Waals surface area contributed by atoms with E-state index in [-0.39, 0.29) is 0 Å². The first-order chi connectivity index (χ1) is 10.5. The summed E-state index contributed by atoms with van der Waals surface area (Å²) in [6, 6.07) is 11.7. The Morgan fingerprint density at radius 1 is 1.27 bits per heavy atom. The minimum atomic E-state index is -0.721. The summed E-state index contributed by atoms with van der Waals surface area (Å²) in [4.78, 5) is 10.5. The van der Waals surface area contributed by atoms with E-state index >= 15 is 0 Å². The molecule has 0 atom stereocenters. The van der Waals surface area contributed by atoms with Gasteiger partial charge in [-0.25, -0.2) is 10.2 Å². The highest BCUT2D eigenvalue weighted by atomic mass is 35.5. The third-order valence-corrected chi connectivity index (χ3v) is 3.24. The molecule has 2 aromatic carbocycles. The van der Waals surface area contributed by atoms with Crippen molar-refractivity contribution in [3.05, 3.63) is 63.6 Å². The Morgan fingerprint density at radius 3 is 2.82 bits per heavy atom. The number of primary amides is 1. The van der Waals surface area contributed by atoms with Gasteiger partial charge in [-0.1, -0.05) is 41.4 Å². The summed E-state index contributed by atoms with van der Waals surface area (Å²) in [6.07, 6.45) is 1.47. The number of benzene rings is 2. The first kappa shape index (κ1) is 16.1. The highest BCUT2D eigenvalue weighted by Crippen LogP contribution is 2.22. The van der Waals surface area contributed by atoms with Gasteiger partial charge in [0.15, 0.2) is 0 Å². The number of hydrogen-bond donors (Lipinski definition) is 2. The number of carbonyl (C=O) groups excluding carboxylic acids is 1. The van der Waals surface area contributed by atoms with Crippen LogP contribution in [0.1, 0.15) is 11.1 Å². The van der Waals surface area contributed by atoms with Gasteiger partial charge in [0.1, 0.15) is 12.4 Å². The zero-order chi connectivity index (χ0) is 15.9. The SMILES string of the molecule is NC(=O)N/N=C\c1cccc(OCc2ccc(Cl)cc2Cl)c1. The van der Waals surface area contributed by atoms with Crippen molar-refractivity contribution in [3.63, 3.8) is 0 Å². The summed E-state index contributed by atoms with van der Waals surface area (Å²) < 4.78 is 5.68. The number of ether oxygens (including phenoxy) is 1. The molecule has 2 rings (SSSR count). The van der Waals surface area contributed by atoms with Crippen LogP contribution in [-0.2, 0) is 6.61 Å². The number of rotatable bonds is 5. The Morgan fingerprint density at radius 2 is 2.09 bits per heavy atom. The fourth-order valence-corrected chi connectivity index (χ4v) is 2.12. The minimum Gasteiger partial charge on any atom is -0.489 e. The molecule has 0 radical (unpaired) electrons. The maximum Gasteiger partial charge on any atom is 0.332 e. The van der Waals surface area contributed by atoms with Crippen molar-refractivity contribution in [3.8, 4) is 5.75 Å². The molecule has 3 N–H and O–H groups in total. The molecule has 2 amide bonds. The van der Waals surface area contributed by atoms with Crippen molar-refractivity contribution in [2.24, 2.45) is 10.8 Å². The molecule has 2 aromatic rings. The van der Waals surface area contributed by atoms with Gasteiger partial charge < -0.3 is 10.5 Å². The molecule has 0 aliphatic carbocycles. The molecule has 114 valence electrons. The van der Waals surface area contributed by atoms with Crippen LogP contribution in [-0.4, -0.2) is 12.2 Å². The Labute approximate surface area is 137 Å². The molecule has 0 aliphatic rings. The number of hydrogen-bond acceptors (Lipinski definition) is 3. The van der Waals surface area contributed by atoms with Gasteiger partial charge in [-0.15, -0.1) is 0 Å². The monoisotopic (exact) mass is 337 g/mol. The zero-order valence-corrected chi connectivity index (χ0v) is 12.9. The van der Waals surface area contributed by atoms with Gasteiger partial charge in [0.25, 0.3) is 0 Å². The second-order valence-corrected chi connectivity index (χ2v) is 5.17. The van der Waals surface area contributed by atoms with Crippen molar-refractivity contribution in [1.82, 2.24) is 5.43 Å². The van der Waals surface area contributed by atoms with E-state index < -0.39 is 6.03 Å². The molecule has 22 heavy (non-hydrogen) atoms. The third-order valence-electron chi connectivity index (χ3n) is 2.66. The van der Waals surface area contributed by atoms with Crippen LogP contribution < -0.4 is 15.9 Å². The Hall–Kier alpha value is -2.24. The standard InChI is InChI=1S/C15H13Cl2N3O2/c16-12-5-4-11(14(17)7-12)9-22-13-3-1-2-10(6-13)8-19-20-15(18)21/h1-8H,9H2,(H3,18,20,21)/b19-8-. The van der Waals surface area contributed by atoms with E-state index in [9.17, 15) is 4.79 Å². The molecule has 0 spiro atoms. The summed E-state index contributed by atoms with van der Waals surface area (Å²) in [5.41, 5.74) is 8.63. The van der Waals surface area contributed by atoms with Crippen molar-refractivity contribution < 1.29 is 9.53 Å². The van der Waals surface area contributed by atoms with E-state index in [0.717, 1.165) is 11.1 Å². The summed E-state index contributed by atoms with van der Waals surface area (Å²) >= 11 is 11.9. The molecular formula is C15H13Cl2N3O2. The van der Waals surface area contributed by atoms with E-state index in [1.54, 1.807) is 18.2 Å². The summed E-state index contributed by atoms with van der Waals surface area (Å²) in [6.45, 7) is 0.316. The number of amides is 2. The van der Waals surface area contributed by atoms with E-state index in [1.165, 1.54) is 6.21 Å². The maximum absolute atomic E-state index is 10.5. The topological polar surface area (TPSA) is 76.7 Å². The Bertz CT molecular complexity index is 705. The van der Waals surface area contributed by atoms with E-state index in [2.05, 4.69) is 10.5 Å². The highest BCUT2D eigenvalue weighted by molar-refractivity contribution is 6.35. The van der Waals surface area contributed by atoms with E-state index in [0.29, 0.717) is 22.4 Å². The highest BCUT2D eigenvalue weighted by Gasteiger charge is 2.03. The lowest BCUT2D eigenvalue weighted by atomic mass is 10.2. The van der Waals surface area contributed by atoms with Crippen LogP contribution in [0.15, 0.2) is 47.6 Å². The average Bonchev–Trinajstić information content (AvgIpc) is 2.46. The smallest absolute Gasteiger partial charge is 0.332 e. The van der Waals surface area contributed by atoms with Crippen molar-refractivity contribution in [2.45, 2.75) is 6.61 Å². The molecular weight excluding hydrogens is 325 g/mol. The largest absolute Gasteiger partial charge is 0.489 e. The molecule has 0 aromatic heterocycles. The van der Waals surface area contributed by atoms with Crippen LogP contribution in [0.25, 0.3) is 0 Å². The molecule has 5 nitrogen and oxygen atoms in total. The minimum absolute atomic E-state index is 0.316. The zero-order valence-electron chi connectivity index (χ0n) is 11.4. The Kier molecular flexibility index (Phi) is 5.63. The summed E-state index contributed by atoms with van der Waals surface area (Å²) in [5.74, 6) is 0.647. The second-order valence-electron chi connectivity index (χ2n) is 4.33. The predicted octanol–water partition coefficient (Wildman–Crippen LogP) is 3.57. The number of nitrogens with zero attached hydrogens (tertiary/aromatic N) is 1. The lowest BCUT2D eigenvalue weighted by Gasteiger charge is -2.08. The normalized spacial score (nSPS) is 10.6. The van der Waals surface area contributed by atoms with Crippen molar-refractivity contribution >= 4 is 35.4 Å². The van der Waals surface area contributed by atoms with Gasteiger partial charge in [0.2, 0.25) is 0 Å². The molecule has 0 heterocycles. The van der Waals surface area contributed by atoms with E-state index in [1.807, 2.05) is 24.3 Å². The molecule has 0 bridgehead atoms. The molecule has 0 saturated heterocycles. The van der Waals surface area contributed by atoms with Crippen molar-refractivity contribution in [1.29, 1.82) is 0 Å². The summed E-state index contributed by atoms with van der Waals surface area (Å²) in [7, 11) is 0. The molecule has 0 unspecified atom stereocenters. The maximum atomic E-state index is 10.5. The van der Waals surface area contributed by atoms with Gasteiger partial charge >= 0.3 is 6.03 Å². The molecule has 7 heteroatoms. The number of halogens is 2. The van der Waals surface area contributed by atoms with Gasteiger partial charge in [-0.2, -0.15) is 5.10 Å². The summed E-state index contributed by atoms with van der Waals surface area (Å²) in [5, 5.41) is 4.81. The first-order valence-corrected chi connectivity index (χ1v) is 7.05. The molecule has 0 fully saturated rings. The quantitative estimate of drug-likeness (QED) is 0.646. The number of nitrogens with two attached hydrogens (primary N) is 1. The van der Waals surface area contributed by atoms with Gasteiger partial charge in [-0.3, -0.25) is 0 Å². The number of carbonyl (C=O) groups is 1. The van der Waals surface area contributed by atoms with Gasteiger partial charge in [0, 0.05) is 15.6 Å². The van der Waals surface area contributed by atoms with Gasteiger partial charge in [-0.05, 0) is 29.8 Å². The second kappa shape index (κ2) is 7.68. The lowest BCUT2D eigenvalue weighted by molar-refractivity contribution is 0.249. The average molecular weight is 338 g/mol. The number of nitrogens with one attached hydrogen (secondary N) is 1. The Balaban J connectivity index is 2.01. The number of urea groups is 1. The van der Waals surface area contributed by atoms with Crippen LogP contribution in [0.4, 0.5) is 4.79 Å². The number of hydrazone groups is 1. The van der Waals surface area contributed by atoms with Gasteiger partial charge in [0.05, 0.1) is 6.21 Å². The van der Waals surface area contributed by atoms with Crippen molar-refractivity contribution in [2.75, 3.05) is 0 Å². The van der Waals surface area contributed by atoms with Crippen LogP contribution >= 0.6 is 23.2 Å². The fourth-order valence-electron chi connectivity index (χ4n) is 1.65. The van der Waals surface area contributed by atoms with Crippen LogP contribution in [0.5, 0.6) is 5.75 Å². The van der Waals surface area contributed by atoms with Crippen LogP contribution in [0.2, 0.25) is 10.0 Å². The molecule has 0 aliphatic heterocycles. The fraction of sp³-hybridized carbons (Fsp3) is 0.0667. The lowest BCUT2D eigenvalue weighted by Crippen LogP contribution is -2.24. The third kappa shape index (κ3) is 4.95. The van der Waals surface area contributed by atoms with Crippen LogP contribution in [0.3, 0.4) is 0 Å². The first-order valence-electron chi connectivity index (χ1n) is 6.30. The van der Waals surface area contributed by atoms with Crippen LogP contribution in [0, 0.1) is 0 Å².